The molecule has 1 aliphatic rings. The molecule has 28 heavy (non-hydrogen) atoms. The predicted molar refractivity (Wildman–Crippen MR) is 94.1 cm³/mol. The molecule has 0 aromatic heterocycles. The van der Waals surface area contributed by atoms with Gasteiger partial charge in [-0.05, 0) is 36.6 Å². The summed E-state index contributed by atoms with van der Waals surface area (Å²) in [5.74, 6) is -1.21. The normalized spacial score (nSPS) is 24.7. The monoisotopic (exact) mass is 392 g/mol. The van der Waals surface area contributed by atoms with Crippen molar-refractivity contribution in [2.24, 2.45) is 5.41 Å². The first-order chi connectivity index (χ1) is 13.1. The second-order valence-electron chi connectivity index (χ2n) is 7.00. The fourth-order valence-corrected chi connectivity index (χ4v) is 3.79. The molecule has 1 fully saturated rings. The maximum Gasteiger partial charge on any atom is 0.416 e. The first-order valence-electron chi connectivity index (χ1n) is 8.64. The van der Waals surface area contributed by atoms with Crippen LogP contribution in [0.4, 0.5) is 13.2 Å². The van der Waals surface area contributed by atoms with E-state index < -0.39 is 34.7 Å². The summed E-state index contributed by atoms with van der Waals surface area (Å²) in [5.41, 5.74) is -2.42. The number of hydrogen-bond donors (Lipinski definition) is 0. The third-order valence-electron chi connectivity index (χ3n) is 5.37. The van der Waals surface area contributed by atoms with Crippen molar-refractivity contribution < 1.29 is 32.2 Å². The van der Waals surface area contributed by atoms with Crippen molar-refractivity contribution in [3.63, 3.8) is 0 Å². The van der Waals surface area contributed by atoms with Crippen LogP contribution >= 0.6 is 0 Å². The number of esters is 2. The van der Waals surface area contributed by atoms with E-state index in [0.717, 1.165) is 12.1 Å². The van der Waals surface area contributed by atoms with Gasteiger partial charge in [-0.1, -0.05) is 42.5 Å². The summed E-state index contributed by atoms with van der Waals surface area (Å²) in [6.45, 7) is 1.63. The minimum Gasteiger partial charge on any atom is -0.468 e. The van der Waals surface area contributed by atoms with Crippen molar-refractivity contribution in [3.8, 4) is 0 Å². The molecule has 0 saturated carbocycles. The number of ether oxygens (including phenoxy) is 2. The molecule has 0 spiro atoms. The van der Waals surface area contributed by atoms with E-state index in [2.05, 4.69) is 0 Å². The molecule has 2 atom stereocenters. The van der Waals surface area contributed by atoms with Crippen LogP contribution in [-0.2, 0) is 37.3 Å². The molecule has 148 valence electrons. The molecule has 0 amide bonds. The summed E-state index contributed by atoms with van der Waals surface area (Å²) in [6, 6.07) is 13.3. The molecule has 1 saturated heterocycles. The summed E-state index contributed by atoms with van der Waals surface area (Å²) in [7, 11) is 1.21. The molecule has 0 bridgehead atoms. The minimum atomic E-state index is -4.45. The summed E-state index contributed by atoms with van der Waals surface area (Å²) in [5, 5.41) is 0. The van der Waals surface area contributed by atoms with Gasteiger partial charge in [-0.2, -0.15) is 13.2 Å². The molecule has 7 heteroatoms. The van der Waals surface area contributed by atoms with Crippen LogP contribution in [0.2, 0.25) is 0 Å². The molecular formula is C21H19F3O4. The molecule has 0 N–H and O–H groups in total. The lowest BCUT2D eigenvalue weighted by atomic mass is 9.65. The second-order valence-corrected chi connectivity index (χ2v) is 7.00. The number of cyclic esters (lactones) is 1. The fourth-order valence-electron chi connectivity index (χ4n) is 3.79. The van der Waals surface area contributed by atoms with Crippen LogP contribution < -0.4 is 0 Å². The third kappa shape index (κ3) is 3.25. The predicted octanol–water partition coefficient (Wildman–Crippen LogP) is 4.27. The van der Waals surface area contributed by atoms with Gasteiger partial charge in [0.05, 0.1) is 19.1 Å². The average molecular weight is 392 g/mol. The van der Waals surface area contributed by atoms with Crippen LogP contribution in [0.15, 0.2) is 54.6 Å². The Balaban J connectivity index is 2.07. The van der Waals surface area contributed by atoms with Gasteiger partial charge in [-0.3, -0.25) is 9.59 Å². The maximum atomic E-state index is 12.9. The van der Waals surface area contributed by atoms with Crippen molar-refractivity contribution in [1.82, 2.24) is 0 Å². The highest BCUT2D eigenvalue weighted by Crippen LogP contribution is 2.53. The Morgan fingerprint density at radius 2 is 1.71 bits per heavy atom. The topological polar surface area (TPSA) is 52.6 Å². The zero-order chi connectivity index (χ0) is 20.6. The summed E-state index contributed by atoms with van der Waals surface area (Å²) < 4.78 is 49.1. The van der Waals surface area contributed by atoms with Gasteiger partial charge >= 0.3 is 18.1 Å². The lowest BCUT2D eigenvalue weighted by Crippen LogP contribution is -2.48. The van der Waals surface area contributed by atoms with E-state index >= 15 is 0 Å². The van der Waals surface area contributed by atoms with Crippen LogP contribution in [0.1, 0.15) is 30.0 Å². The standard InChI is InChI=1S/C21H19F3O4/c1-19(15-6-4-3-5-7-15)20(18(26)27-2,13-17(25)28-19)12-14-8-10-16(11-9-14)21(22,23)24/h3-11H,12-13H2,1-2H3. The second kappa shape index (κ2) is 6.96. The van der Waals surface area contributed by atoms with Gasteiger partial charge in [-0.25, -0.2) is 0 Å². The van der Waals surface area contributed by atoms with Crippen molar-refractivity contribution in [1.29, 1.82) is 0 Å². The maximum absolute atomic E-state index is 12.9. The zero-order valence-corrected chi connectivity index (χ0v) is 15.4. The van der Waals surface area contributed by atoms with E-state index in [1.807, 2.05) is 0 Å². The van der Waals surface area contributed by atoms with E-state index in [4.69, 9.17) is 9.47 Å². The molecule has 3 rings (SSSR count). The van der Waals surface area contributed by atoms with Crippen LogP contribution in [0.25, 0.3) is 0 Å². The Morgan fingerprint density at radius 1 is 1.11 bits per heavy atom. The zero-order valence-electron chi connectivity index (χ0n) is 15.4. The first-order valence-corrected chi connectivity index (χ1v) is 8.64. The smallest absolute Gasteiger partial charge is 0.416 e. The molecule has 2 aromatic rings. The molecule has 2 unspecified atom stereocenters. The van der Waals surface area contributed by atoms with Crippen LogP contribution in [-0.4, -0.2) is 19.0 Å². The molecule has 2 aromatic carbocycles. The van der Waals surface area contributed by atoms with Crippen LogP contribution in [0.3, 0.4) is 0 Å². The van der Waals surface area contributed by atoms with Crippen LogP contribution in [0.5, 0.6) is 0 Å². The molecule has 0 radical (unpaired) electrons. The Labute approximate surface area is 160 Å². The number of carbonyl (C=O) groups excluding carboxylic acids is 2. The number of alkyl halides is 3. The molecule has 1 heterocycles. The minimum absolute atomic E-state index is 0.00502. The number of benzene rings is 2. The number of carbonyl (C=O) groups is 2. The van der Waals surface area contributed by atoms with Crippen LogP contribution in [0, 0.1) is 5.41 Å². The molecule has 0 aliphatic carbocycles. The Morgan fingerprint density at radius 3 is 2.25 bits per heavy atom. The molecule has 1 aliphatic heterocycles. The van der Waals surface area contributed by atoms with Gasteiger partial charge in [0.2, 0.25) is 0 Å². The van der Waals surface area contributed by atoms with Gasteiger partial charge < -0.3 is 9.47 Å². The number of methoxy groups -OCH3 is 1. The third-order valence-corrected chi connectivity index (χ3v) is 5.37. The Kier molecular flexibility index (Phi) is 4.95. The number of halogens is 3. The molecular weight excluding hydrogens is 373 g/mol. The summed E-state index contributed by atoms with van der Waals surface area (Å²) >= 11 is 0. The highest BCUT2D eigenvalue weighted by atomic mass is 19.4. The quantitative estimate of drug-likeness (QED) is 0.730. The number of hydrogen-bond acceptors (Lipinski definition) is 4. The van der Waals surface area contributed by atoms with Gasteiger partial charge in [0.1, 0.15) is 5.41 Å². The SMILES string of the molecule is COC(=O)C1(Cc2ccc(C(F)(F)F)cc2)CC(=O)OC1(C)c1ccccc1. The van der Waals surface area contributed by atoms with E-state index in [1.54, 1.807) is 37.3 Å². The lowest BCUT2D eigenvalue weighted by molar-refractivity contribution is -0.168. The average Bonchev–Trinajstić information content (AvgIpc) is 2.93. The lowest BCUT2D eigenvalue weighted by Gasteiger charge is -2.39. The summed E-state index contributed by atoms with van der Waals surface area (Å²) in [6.07, 6.45) is -4.69. The fraction of sp³-hybridized carbons (Fsp3) is 0.333. The van der Waals surface area contributed by atoms with Crippen molar-refractivity contribution >= 4 is 11.9 Å². The van der Waals surface area contributed by atoms with E-state index in [-0.39, 0.29) is 12.8 Å². The van der Waals surface area contributed by atoms with Crippen molar-refractivity contribution in [2.75, 3.05) is 7.11 Å². The van der Waals surface area contributed by atoms with Gasteiger partial charge in [-0.15, -0.1) is 0 Å². The summed E-state index contributed by atoms with van der Waals surface area (Å²) in [4.78, 5) is 25.1. The van der Waals surface area contributed by atoms with E-state index in [9.17, 15) is 22.8 Å². The first kappa shape index (κ1) is 19.9. The highest BCUT2D eigenvalue weighted by molar-refractivity contribution is 5.89. The number of rotatable bonds is 4. The van der Waals surface area contributed by atoms with Gasteiger partial charge in [0.25, 0.3) is 0 Å². The highest BCUT2D eigenvalue weighted by Gasteiger charge is 2.64. The van der Waals surface area contributed by atoms with Gasteiger partial charge in [0, 0.05) is 0 Å². The van der Waals surface area contributed by atoms with E-state index in [0.29, 0.717) is 11.1 Å². The molecule has 4 nitrogen and oxygen atoms in total. The Hall–Kier alpha value is -2.83. The Bertz CT molecular complexity index is 877. The van der Waals surface area contributed by atoms with Crippen molar-refractivity contribution in [2.45, 2.75) is 31.5 Å². The van der Waals surface area contributed by atoms with Gasteiger partial charge in [0.15, 0.2) is 5.60 Å². The van der Waals surface area contributed by atoms with Crippen molar-refractivity contribution in [3.05, 3.63) is 71.3 Å². The van der Waals surface area contributed by atoms with E-state index in [1.165, 1.54) is 19.2 Å². The largest absolute Gasteiger partial charge is 0.468 e.